The van der Waals surface area contributed by atoms with Gasteiger partial charge in [0.15, 0.2) is 0 Å². The Hall–Kier alpha value is -1.36. The monoisotopic (exact) mass is 388 g/mol. The van der Waals surface area contributed by atoms with E-state index >= 15 is 0 Å². The molecule has 2 aromatic rings. The van der Waals surface area contributed by atoms with Gasteiger partial charge in [0.05, 0.1) is 13.2 Å². The van der Waals surface area contributed by atoms with Crippen molar-refractivity contribution in [1.29, 1.82) is 0 Å². The van der Waals surface area contributed by atoms with Crippen LogP contribution in [0.25, 0.3) is 0 Å². The van der Waals surface area contributed by atoms with Crippen LogP contribution in [0.3, 0.4) is 0 Å². The number of methoxy groups -OCH3 is 1. The van der Waals surface area contributed by atoms with Gasteiger partial charge in [0.2, 0.25) is 0 Å². The normalized spacial score (nSPS) is 17.3. The molecule has 0 saturated carbocycles. The number of nitrogens with zero attached hydrogens (tertiary/aromatic N) is 1. The molecule has 0 aromatic heterocycles. The SMILES string of the molecule is COc1ccc(Br)cc1C(c1ccccc1C)N1CCCNCC1. The van der Waals surface area contributed by atoms with Crippen LogP contribution in [0.15, 0.2) is 46.9 Å². The van der Waals surface area contributed by atoms with E-state index in [1.807, 2.05) is 6.07 Å². The van der Waals surface area contributed by atoms with Crippen molar-refractivity contribution >= 4 is 15.9 Å². The molecule has 1 unspecified atom stereocenters. The lowest BCUT2D eigenvalue weighted by atomic mass is 9.92. The molecule has 1 heterocycles. The van der Waals surface area contributed by atoms with Crippen molar-refractivity contribution in [3.63, 3.8) is 0 Å². The fourth-order valence-electron chi connectivity index (χ4n) is 3.50. The third kappa shape index (κ3) is 3.82. The Labute approximate surface area is 153 Å². The van der Waals surface area contributed by atoms with E-state index in [4.69, 9.17) is 4.74 Å². The summed E-state index contributed by atoms with van der Waals surface area (Å²) in [6, 6.07) is 15.2. The van der Waals surface area contributed by atoms with Crippen LogP contribution in [0.4, 0.5) is 0 Å². The zero-order valence-electron chi connectivity index (χ0n) is 14.4. The highest BCUT2D eigenvalue weighted by molar-refractivity contribution is 9.10. The third-order valence-corrected chi connectivity index (χ3v) is 5.20. The standard InChI is InChI=1S/C20H25BrN2O/c1-15-6-3-4-7-17(15)20(23-12-5-10-22-11-13-23)18-14-16(21)8-9-19(18)24-2/h3-4,6-9,14,20,22H,5,10-13H2,1-2H3. The molecule has 1 N–H and O–H groups in total. The van der Waals surface area contributed by atoms with Gasteiger partial charge in [-0.25, -0.2) is 0 Å². The number of benzene rings is 2. The largest absolute Gasteiger partial charge is 0.496 e. The van der Waals surface area contributed by atoms with E-state index in [1.165, 1.54) is 23.1 Å². The number of hydrogen-bond donors (Lipinski definition) is 1. The fraction of sp³-hybridized carbons (Fsp3) is 0.400. The van der Waals surface area contributed by atoms with Crippen LogP contribution < -0.4 is 10.1 Å². The van der Waals surface area contributed by atoms with E-state index in [0.717, 1.165) is 36.4 Å². The lowest BCUT2D eigenvalue weighted by Gasteiger charge is -2.33. The van der Waals surface area contributed by atoms with Crippen molar-refractivity contribution in [2.45, 2.75) is 19.4 Å². The van der Waals surface area contributed by atoms with Gasteiger partial charge in [0.25, 0.3) is 0 Å². The van der Waals surface area contributed by atoms with Crippen LogP contribution in [-0.2, 0) is 0 Å². The summed E-state index contributed by atoms with van der Waals surface area (Å²) >= 11 is 3.64. The molecule has 1 aliphatic rings. The Morgan fingerprint density at radius 1 is 1.08 bits per heavy atom. The van der Waals surface area contributed by atoms with Crippen LogP contribution >= 0.6 is 15.9 Å². The first-order valence-electron chi connectivity index (χ1n) is 8.54. The minimum absolute atomic E-state index is 0.207. The highest BCUT2D eigenvalue weighted by atomic mass is 79.9. The molecule has 4 heteroatoms. The molecule has 0 amide bonds. The molecule has 1 atom stereocenters. The van der Waals surface area contributed by atoms with Gasteiger partial charge in [0.1, 0.15) is 5.75 Å². The zero-order valence-corrected chi connectivity index (χ0v) is 16.0. The maximum absolute atomic E-state index is 5.70. The number of hydrogen-bond acceptors (Lipinski definition) is 3. The Kier molecular flexibility index (Phi) is 5.93. The second-order valence-electron chi connectivity index (χ2n) is 6.28. The minimum atomic E-state index is 0.207. The van der Waals surface area contributed by atoms with Gasteiger partial charge in [-0.3, -0.25) is 4.90 Å². The number of nitrogens with one attached hydrogen (secondary N) is 1. The Bertz CT molecular complexity index is 681. The summed E-state index contributed by atoms with van der Waals surface area (Å²) in [4.78, 5) is 2.58. The maximum Gasteiger partial charge on any atom is 0.124 e. The molecular weight excluding hydrogens is 364 g/mol. The predicted octanol–water partition coefficient (Wildman–Crippen LogP) is 4.15. The molecule has 0 aliphatic carbocycles. The van der Waals surface area contributed by atoms with Crippen molar-refractivity contribution in [2.24, 2.45) is 0 Å². The number of aryl methyl sites for hydroxylation is 1. The van der Waals surface area contributed by atoms with Crippen LogP contribution in [0.1, 0.15) is 29.2 Å². The summed E-state index contributed by atoms with van der Waals surface area (Å²) in [5.41, 5.74) is 3.90. The first-order valence-corrected chi connectivity index (χ1v) is 9.33. The summed E-state index contributed by atoms with van der Waals surface area (Å²) < 4.78 is 6.79. The predicted molar refractivity (Wildman–Crippen MR) is 103 cm³/mol. The lowest BCUT2D eigenvalue weighted by Crippen LogP contribution is -2.33. The van der Waals surface area contributed by atoms with Gasteiger partial charge in [-0.15, -0.1) is 0 Å². The van der Waals surface area contributed by atoms with Crippen LogP contribution in [-0.4, -0.2) is 38.2 Å². The molecule has 128 valence electrons. The maximum atomic E-state index is 5.70. The topological polar surface area (TPSA) is 24.5 Å². The van der Waals surface area contributed by atoms with E-state index in [9.17, 15) is 0 Å². The van der Waals surface area contributed by atoms with Gasteiger partial charge in [0, 0.05) is 29.7 Å². The van der Waals surface area contributed by atoms with Gasteiger partial charge < -0.3 is 10.1 Å². The van der Waals surface area contributed by atoms with Gasteiger partial charge in [-0.2, -0.15) is 0 Å². The summed E-state index contributed by atoms with van der Waals surface area (Å²) in [6.07, 6.45) is 1.17. The smallest absolute Gasteiger partial charge is 0.124 e. The van der Waals surface area contributed by atoms with E-state index < -0.39 is 0 Å². The molecule has 3 nitrogen and oxygen atoms in total. The summed E-state index contributed by atoms with van der Waals surface area (Å²) in [5, 5.41) is 3.51. The van der Waals surface area contributed by atoms with Gasteiger partial charge in [-0.05, 0) is 49.2 Å². The Morgan fingerprint density at radius 3 is 2.71 bits per heavy atom. The first-order chi connectivity index (χ1) is 11.7. The summed E-state index contributed by atoms with van der Waals surface area (Å²) in [7, 11) is 1.76. The van der Waals surface area contributed by atoms with Crippen molar-refractivity contribution in [2.75, 3.05) is 33.3 Å². The van der Waals surface area contributed by atoms with Crippen LogP contribution in [0, 0.1) is 6.92 Å². The minimum Gasteiger partial charge on any atom is -0.496 e. The van der Waals surface area contributed by atoms with Crippen molar-refractivity contribution in [3.05, 3.63) is 63.6 Å². The highest BCUT2D eigenvalue weighted by Gasteiger charge is 2.27. The van der Waals surface area contributed by atoms with Gasteiger partial charge >= 0.3 is 0 Å². The quantitative estimate of drug-likeness (QED) is 0.850. The molecule has 0 spiro atoms. The molecule has 0 bridgehead atoms. The van der Waals surface area contributed by atoms with Crippen molar-refractivity contribution in [3.8, 4) is 5.75 Å². The first kappa shape index (κ1) is 17.5. The second kappa shape index (κ2) is 8.15. The molecule has 3 rings (SSSR count). The molecule has 1 aliphatic heterocycles. The van der Waals surface area contributed by atoms with E-state index in [0.29, 0.717) is 0 Å². The lowest BCUT2D eigenvalue weighted by molar-refractivity contribution is 0.235. The fourth-order valence-corrected chi connectivity index (χ4v) is 3.88. The molecule has 2 aromatic carbocycles. The van der Waals surface area contributed by atoms with Gasteiger partial charge in [-0.1, -0.05) is 40.2 Å². The average molecular weight is 389 g/mol. The summed E-state index contributed by atoms with van der Waals surface area (Å²) in [6.45, 7) is 6.44. The number of rotatable bonds is 4. The Balaban J connectivity index is 2.11. The van der Waals surface area contributed by atoms with E-state index in [1.54, 1.807) is 7.11 Å². The average Bonchev–Trinajstić information content (AvgIpc) is 2.86. The molecule has 0 radical (unpaired) electrons. The highest BCUT2D eigenvalue weighted by Crippen LogP contribution is 2.37. The molecular formula is C20H25BrN2O. The second-order valence-corrected chi connectivity index (χ2v) is 7.20. The van der Waals surface area contributed by atoms with Crippen LogP contribution in [0.2, 0.25) is 0 Å². The van der Waals surface area contributed by atoms with Crippen LogP contribution in [0.5, 0.6) is 5.75 Å². The third-order valence-electron chi connectivity index (χ3n) is 4.71. The van der Waals surface area contributed by atoms with E-state index in [2.05, 4.69) is 69.5 Å². The molecule has 1 fully saturated rings. The number of halogens is 1. The van der Waals surface area contributed by atoms with Crippen molar-refractivity contribution in [1.82, 2.24) is 10.2 Å². The Morgan fingerprint density at radius 2 is 1.92 bits per heavy atom. The van der Waals surface area contributed by atoms with E-state index in [-0.39, 0.29) is 6.04 Å². The summed E-state index contributed by atoms with van der Waals surface area (Å²) in [5.74, 6) is 0.948. The molecule has 24 heavy (non-hydrogen) atoms. The van der Waals surface area contributed by atoms with Crippen molar-refractivity contribution < 1.29 is 4.74 Å². The number of ether oxygens (including phenoxy) is 1. The zero-order chi connectivity index (χ0) is 16.9. The molecule has 1 saturated heterocycles.